The lowest BCUT2D eigenvalue weighted by atomic mass is 9.99. The third-order valence-corrected chi connectivity index (χ3v) is 6.03. The van der Waals surface area contributed by atoms with Crippen LogP contribution in [0.25, 0.3) is 0 Å². The Morgan fingerprint density at radius 3 is 2.20 bits per heavy atom. The van der Waals surface area contributed by atoms with Gasteiger partial charge < -0.3 is 25.2 Å². The summed E-state index contributed by atoms with van der Waals surface area (Å²) >= 11 is 1.59. The van der Waals surface area contributed by atoms with Crippen LogP contribution >= 0.6 is 11.8 Å². The summed E-state index contributed by atoms with van der Waals surface area (Å²) in [7, 11) is 1.24. The van der Waals surface area contributed by atoms with Gasteiger partial charge in [-0.25, -0.2) is 9.59 Å². The van der Waals surface area contributed by atoms with Crippen LogP contribution in [0.1, 0.15) is 31.4 Å². The lowest BCUT2D eigenvalue weighted by molar-refractivity contribution is -0.147. The van der Waals surface area contributed by atoms with Gasteiger partial charge >= 0.3 is 12.1 Å². The molecule has 0 aliphatic rings. The van der Waals surface area contributed by atoms with E-state index in [1.54, 1.807) is 11.8 Å². The highest BCUT2D eigenvalue weighted by Crippen LogP contribution is 2.17. The summed E-state index contributed by atoms with van der Waals surface area (Å²) in [5, 5.41) is 16.0. The van der Waals surface area contributed by atoms with Crippen LogP contribution in [0.15, 0.2) is 59.5 Å². The minimum atomic E-state index is -1.63. The van der Waals surface area contributed by atoms with Crippen LogP contribution in [0.4, 0.5) is 4.79 Å². The number of ether oxygens (including phenoxy) is 2. The number of nitrogens with one attached hydrogen (secondary N) is 2. The van der Waals surface area contributed by atoms with Crippen molar-refractivity contribution in [2.24, 2.45) is 5.92 Å². The van der Waals surface area contributed by atoms with E-state index in [1.165, 1.54) is 7.11 Å². The molecule has 0 fully saturated rings. The summed E-state index contributed by atoms with van der Waals surface area (Å²) in [5.41, 5.74) is 1.62. The molecule has 0 unspecified atom stereocenters. The van der Waals surface area contributed by atoms with E-state index in [-0.39, 0.29) is 18.9 Å². The van der Waals surface area contributed by atoms with Gasteiger partial charge in [0.25, 0.3) is 5.91 Å². The monoisotopic (exact) mass is 502 g/mol. The normalized spacial score (nSPS) is 13.4. The SMILES string of the molecule is COC(=O)[C@H](CC(C)C)NC(=O)[C@H](O)[C@@H](Cc1ccc(SC)cc1)NC(=O)OCc1ccccc1. The fourth-order valence-corrected chi connectivity index (χ4v) is 3.85. The van der Waals surface area contributed by atoms with Gasteiger partial charge in [-0.3, -0.25) is 4.79 Å². The summed E-state index contributed by atoms with van der Waals surface area (Å²) in [4.78, 5) is 38.6. The average Bonchev–Trinajstić information content (AvgIpc) is 2.86. The van der Waals surface area contributed by atoms with E-state index in [0.717, 1.165) is 16.0 Å². The van der Waals surface area contributed by atoms with E-state index < -0.39 is 36.2 Å². The van der Waals surface area contributed by atoms with Gasteiger partial charge in [-0.15, -0.1) is 11.8 Å². The first kappa shape index (κ1) is 28.2. The van der Waals surface area contributed by atoms with Gasteiger partial charge in [0.15, 0.2) is 6.10 Å². The summed E-state index contributed by atoms with van der Waals surface area (Å²) in [5.74, 6) is -1.28. The molecule has 3 atom stereocenters. The van der Waals surface area contributed by atoms with E-state index in [4.69, 9.17) is 9.47 Å². The Labute approximate surface area is 210 Å². The van der Waals surface area contributed by atoms with Gasteiger partial charge in [-0.05, 0) is 48.3 Å². The van der Waals surface area contributed by atoms with Gasteiger partial charge in [-0.1, -0.05) is 56.3 Å². The third kappa shape index (κ3) is 9.62. The molecule has 0 saturated heterocycles. The lowest BCUT2D eigenvalue weighted by Gasteiger charge is -2.26. The number of benzene rings is 2. The maximum Gasteiger partial charge on any atom is 0.407 e. The molecule has 0 spiro atoms. The van der Waals surface area contributed by atoms with Gasteiger partial charge in [0, 0.05) is 4.90 Å². The highest BCUT2D eigenvalue weighted by atomic mass is 32.2. The van der Waals surface area contributed by atoms with Crippen LogP contribution in [0.2, 0.25) is 0 Å². The maximum atomic E-state index is 12.9. The molecule has 0 aliphatic carbocycles. The molecule has 190 valence electrons. The van der Waals surface area contributed by atoms with Crippen molar-refractivity contribution in [3.63, 3.8) is 0 Å². The molecule has 0 bridgehead atoms. The number of rotatable bonds is 12. The van der Waals surface area contributed by atoms with Crippen molar-refractivity contribution in [1.29, 1.82) is 0 Å². The van der Waals surface area contributed by atoms with Gasteiger partial charge in [0.05, 0.1) is 13.2 Å². The Morgan fingerprint density at radius 1 is 0.971 bits per heavy atom. The molecule has 0 aromatic heterocycles. The number of hydrogen-bond acceptors (Lipinski definition) is 7. The zero-order valence-corrected chi connectivity index (χ0v) is 21.3. The molecular weight excluding hydrogens is 468 g/mol. The van der Waals surface area contributed by atoms with Crippen molar-refractivity contribution < 1.29 is 29.0 Å². The number of esters is 1. The summed E-state index contributed by atoms with van der Waals surface area (Å²) in [6.07, 6.45) is 0.0947. The average molecular weight is 503 g/mol. The van der Waals surface area contributed by atoms with Crippen molar-refractivity contribution in [2.45, 2.75) is 56.4 Å². The summed E-state index contributed by atoms with van der Waals surface area (Å²) < 4.78 is 10.1. The molecule has 2 aromatic carbocycles. The van der Waals surface area contributed by atoms with Crippen LogP contribution in [0, 0.1) is 5.92 Å². The smallest absolute Gasteiger partial charge is 0.407 e. The first-order valence-corrected chi connectivity index (χ1v) is 12.6. The fraction of sp³-hybridized carbons (Fsp3) is 0.423. The molecule has 2 rings (SSSR count). The van der Waals surface area contributed by atoms with Crippen molar-refractivity contribution in [2.75, 3.05) is 13.4 Å². The Balaban J connectivity index is 2.14. The van der Waals surface area contributed by atoms with Crippen LogP contribution in [0.5, 0.6) is 0 Å². The highest BCUT2D eigenvalue weighted by molar-refractivity contribution is 7.98. The molecule has 0 radical (unpaired) electrons. The largest absolute Gasteiger partial charge is 0.467 e. The van der Waals surface area contributed by atoms with Crippen molar-refractivity contribution in [1.82, 2.24) is 10.6 Å². The lowest BCUT2D eigenvalue weighted by Crippen LogP contribution is -2.55. The number of carbonyl (C=O) groups excluding carboxylic acids is 3. The molecule has 0 heterocycles. The van der Waals surface area contributed by atoms with Crippen molar-refractivity contribution >= 4 is 29.7 Å². The molecule has 3 N–H and O–H groups in total. The minimum Gasteiger partial charge on any atom is -0.467 e. The van der Waals surface area contributed by atoms with Crippen molar-refractivity contribution in [3.8, 4) is 0 Å². The molecule has 2 amide bonds. The first-order valence-electron chi connectivity index (χ1n) is 11.4. The van der Waals surface area contributed by atoms with E-state index >= 15 is 0 Å². The molecule has 2 aromatic rings. The molecule has 35 heavy (non-hydrogen) atoms. The van der Waals surface area contributed by atoms with E-state index in [0.29, 0.717) is 6.42 Å². The molecule has 0 aliphatic heterocycles. The fourth-order valence-electron chi connectivity index (χ4n) is 3.44. The van der Waals surface area contributed by atoms with Crippen LogP contribution in [-0.2, 0) is 32.1 Å². The summed E-state index contributed by atoms with van der Waals surface area (Å²) in [6.45, 7) is 3.86. The summed E-state index contributed by atoms with van der Waals surface area (Å²) in [6, 6.07) is 14.9. The highest BCUT2D eigenvalue weighted by Gasteiger charge is 2.32. The number of aliphatic hydroxyl groups is 1. The van der Waals surface area contributed by atoms with Gasteiger partial charge in [0.1, 0.15) is 12.6 Å². The number of hydrogen-bond donors (Lipinski definition) is 3. The number of aliphatic hydroxyl groups excluding tert-OH is 1. The van der Waals surface area contributed by atoms with Crippen molar-refractivity contribution in [3.05, 3.63) is 65.7 Å². The molecular formula is C26H34N2O6S. The topological polar surface area (TPSA) is 114 Å². The second-order valence-electron chi connectivity index (χ2n) is 8.52. The standard InChI is InChI=1S/C26H34N2O6S/c1-17(2)14-22(25(31)33-3)27-24(30)23(29)21(15-18-10-12-20(35-4)13-11-18)28-26(32)34-16-19-8-6-5-7-9-19/h5-13,17,21-23,29H,14-16H2,1-4H3,(H,27,30)(H,28,32)/t21-,22+,23-/m1/s1. The third-order valence-electron chi connectivity index (χ3n) is 5.29. The van der Waals surface area contributed by atoms with Crippen LogP contribution in [-0.4, -0.2) is 54.6 Å². The zero-order chi connectivity index (χ0) is 25.8. The molecule has 0 saturated carbocycles. The maximum absolute atomic E-state index is 12.9. The number of alkyl carbamates (subject to hydrolysis) is 1. The minimum absolute atomic E-state index is 0.0446. The number of methoxy groups -OCH3 is 1. The predicted molar refractivity (Wildman–Crippen MR) is 135 cm³/mol. The second kappa shape index (κ2) is 14.4. The quantitative estimate of drug-likeness (QED) is 0.301. The number of amides is 2. The Hall–Kier alpha value is -3.04. The zero-order valence-electron chi connectivity index (χ0n) is 20.5. The van der Waals surface area contributed by atoms with Gasteiger partial charge in [0.2, 0.25) is 0 Å². The predicted octanol–water partition coefficient (Wildman–Crippen LogP) is 3.31. The number of carbonyl (C=O) groups is 3. The Bertz CT molecular complexity index is 952. The number of thioether (sulfide) groups is 1. The van der Waals surface area contributed by atoms with E-state index in [9.17, 15) is 19.5 Å². The Morgan fingerprint density at radius 2 is 1.63 bits per heavy atom. The van der Waals surface area contributed by atoms with Crippen LogP contribution < -0.4 is 10.6 Å². The van der Waals surface area contributed by atoms with E-state index in [1.807, 2.05) is 74.7 Å². The second-order valence-corrected chi connectivity index (χ2v) is 9.40. The molecule has 9 heteroatoms. The molecule has 8 nitrogen and oxygen atoms in total. The first-order chi connectivity index (χ1) is 16.7. The van der Waals surface area contributed by atoms with Crippen LogP contribution in [0.3, 0.4) is 0 Å². The Kier molecular flexibility index (Phi) is 11.6. The van der Waals surface area contributed by atoms with Gasteiger partial charge in [-0.2, -0.15) is 0 Å². The van der Waals surface area contributed by atoms with E-state index in [2.05, 4.69) is 10.6 Å².